The molecule has 1 heterocycles. The summed E-state index contributed by atoms with van der Waals surface area (Å²) in [7, 11) is 0. The van der Waals surface area contributed by atoms with Crippen LogP contribution >= 0.6 is 24.0 Å². The molecule has 1 aliphatic carbocycles. The van der Waals surface area contributed by atoms with E-state index >= 15 is 0 Å². The molecule has 0 spiro atoms. The first-order valence-electron chi connectivity index (χ1n) is 8.61. The Bertz CT molecular complexity index is 617. The second-order valence-corrected chi connectivity index (χ2v) is 7.40. The SMILES string of the molecule is Cc1ccc(F)c(C(=O)NC(C2CCNCC2)C2CC(O)C2)c1Cl.Cl. The zero-order valence-corrected chi connectivity index (χ0v) is 15.8. The lowest BCUT2D eigenvalue weighted by Gasteiger charge is -2.43. The Labute approximate surface area is 158 Å². The molecule has 1 aliphatic heterocycles. The van der Waals surface area contributed by atoms with Crippen molar-refractivity contribution in [2.24, 2.45) is 11.8 Å². The second-order valence-electron chi connectivity index (χ2n) is 7.03. The lowest BCUT2D eigenvalue weighted by molar-refractivity contribution is 0.00914. The highest BCUT2D eigenvalue weighted by Crippen LogP contribution is 2.36. The number of aryl methyl sites for hydroxylation is 1. The summed E-state index contributed by atoms with van der Waals surface area (Å²) in [5.41, 5.74) is 0.608. The fraction of sp³-hybridized carbons (Fsp3) is 0.611. The van der Waals surface area contributed by atoms with Crippen LogP contribution in [0.5, 0.6) is 0 Å². The quantitative estimate of drug-likeness (QED) is 0.739. The number of carbonyl (C=O) groups is 1. The Balaban J connectivity index is 0.00000225. The normalized spacial score (nSPS) is 24.8. The maximum absolute atomic E-state index is 14.1. The molecular weight excluding hydrogens is 366 g/mol. The molecule has 1 aromatic carbocycles. The van der Waals surface area contributed by atoms with Gasteiger partial charge in [0.1, 0.15) is 5.82 Å². The molecule has 2 fully saturated rings. The van der Waals surface area contributed by atoms with Crippen LogP contribution in [-0.4, -0.2) is 36.2 Å². The Morgan fingerprint density at radius 2 is 1.96 bits per heavy atom. The monoisotopic (exact) mass is 390 g/mol. The van der Waals surface area contributed by atoms with Crippen LogP contribution in [0.4, 0.5) is 4.39 Å². The fourth-order valence-electron chi connectivity index (χ4n) is 3.84. The van der Waals surface area contributed by atoms with Crippen molar-refractivity contribution >= 4 is 29.9 Å². The zero-order valence-electron chi connectivity index (χ0n) is 14.2. The van der Waals surface area contributed by atoms with Crippen molar-refractivity contribution in [1.82, 2.24) is 10.6 Å². The van der Waals surface area contributed by atoms with Crippen LogP contribution in [0.1, 0.15) is 41.6 Å². The van der Waals surface area contributed by atoms with E-state index in [4.69, 9.17) is 11.6 Å². The van der Waals surface area contributed by atoms with E-state index < -0.39 is 11.7 Å². The highest BCUT2D eigenvalue weighted by molar-refractivity contribution is 6.34. The average Bonchev–Trinajstić information content (AvgIpc) is 2.55. The average molecular weight is 391 g/mol. The molecule has 0 radical (unpaired) electrons. The minimum atomic E-state index is -0.596. The number of rotatable bonds is 4. The number of aliphatic hydroxyl groups excluding tert-OH is 1. The van der Waals surface area contributed by atoms with Gasteiger partial charge >= 0.3 is 0 Å². The third-order valence-corrected chi connectivity index (χ3v) is 5.85. The van der Waals surface area contributed by atoms with Gasteiger partial charge < -0.3 is 15.7 Å². The number of halogens is 3. The largest absolute Gasteiger partial charge is 0.393 e. The Morgan fingerprint density at radius 3 is 2.56 bits per heavy atom. The molecule has 3 N–H and O–H groups in total. The van der Waals surface area contributed by atoms with Gasteiger partial charge in [0, 0.05) is 6.04 Å². The van der Waals surface area contributed by atoms with E-state index in [2.05, 4.69) is 10.6 Å². The van der Waals surface area contributed by atoms with Crippen LogP contribution in [0, 0.1) is 24.6 Å². The number of nitrogens with one attached hydrogen (secondary N) is 2. The highest BCUT2D eigenvalue weighted by Gasteiger charge is 2.39. The van der Waals surface area contributed by atoms with Gasteiger partial charge in [0.05, 0.1) is 16.7 Å². The van der Waals surface area contributed by atoms with Gasteiger partial charge in [0.15, 0.2) is 0 Å². The topological polar surface area (TPSA) is 61.4 Å². The first-order chi connectivity index (χ1) is 11.5. The van der Waals surface area contributed by atoms with Gasteiger partial charge in [0.25, 0.3) is 5.91 Å². The summed E-state index contributed by atoms with van der Waals surface area (Å²) >= 11 is 6.16. The third kappa shape index (κ3) is 4.45. The van der Waals surface area contributed by atoms with Gasteiger partial charge in [-0.1, -0.05) is 17.7 Å². The summed E-state index contributed by atoms with van der Waals surface area (Å²) in [5, 5.41) is 16.2. The van der Waals surface area contributed by atoms with Gasteiger partial charge in [0.2, 0.25) is 0 Å². The van der Waals surface area contributed by atoms with E-state index in [0.29, 0.717) is 24.3 Å². The van der Waals surface area contributed by atoms with E-state index in [1.807, 2.05) is 0 Å². The summed E-state index contributed by atoms with van der Waals surface area (Å²) in [5.74, 6) is -0.454. The highest BCUT2D eigenvalue weighted by atomic mass is 35.5. The zero-order chi connectivity index (χ0) is 17.3. The lowest BCUT2D eigenvalue weighted by Crippen LogP contribution is -2.53. The third-order valence-electron chi connectivity index (χ3n) is 5.36. The molecule has 1 atom stereocenters. The van der Waals surface area contributed by atoms with Gasteiger partial charge in [-0.2, -0.15) is 0 Å². The predicted octanol–water partition coefficient (Wildman–Crippen LogP) is 3.08. The molecule has 25 heavy (non-hydrogen) atoms. The molecule has 1 unspecified atom stereocenters. The Hall–Kier alpha value is -0.880. The summed E-state index contributed by atoms with van der Waals surface area (Å²) in [6, 6.07) is 2.81. The summed E-state index contributed by atoms with van der Waals surface area (Å²) in [6.45, 7) is 3.60. The maximum Gasteiger partial charge on any atom is 0.256 e. The molecule has 0 bridgehead atoms. The first-order valence-corrected chi connectivity index (χ1v) is 8.99. The van der Waals surface area contributed by atoms with Crippen molar-refractivity contribution in [2.75, 3.05) is 13.1 Å². The van der Waals surface area contributed by atoms with Crippen LogP contribution in [-0.2, 0) is 0 Å². The second kappa shape index (κ2) is 8.67. The van der Waals surface area contributed by atoms with Crippen molar-refractivity contribution < 1.29 is 14.3 Å². The lowest BCUT2D eigenvalue weighted by atomic mass is 9.71. The van der Waals surface area contributed by atoms with Crippen LogP contribution in [0.3, 0.4) is 0 Å². The number of benzene rings is 1. The van der Waals surface area contributed by atoms with Crippen LogP contribution in [0.15, 0.2) is 12.1 Å². The van der Waals surface area contributed by atoms with Crippen molar-refractivity contribution in [3.05, 3.63) is 34.1 Å². The van der Waals surface area contributed by atoms with Gasteiger partial charge in [-0.05, 0) is 69.2 Å². The van der Waals surface area contributed by atoms with Crippen LogP contribution < -0.4 is 10.6 Å². The number of hydrogen-bond acceptors (Lipinski definition) is 3. The van der Waals surface area contributed by atoms with Crippen molar-refractivity contribution in [2.45, 2.75) is 44.8 Å². The maximum atomic E-state index is 14.1. The number of piperidine rings is 1. The van der Waals surface area contributed by atoms with Crippen molar-refractivity contribution in [1.29, 1.82) is 0 Å². The van der Waals surface area contributed by atoms with E-state index in [1.54, 1.807) is 13.0 Å². The van der Waals surface area contributed by atoms with Gasteiger partial charge in [-0.3, -0.25) is 4.79 Å². The fourth-order valence-corrected chi connectivity index (χ4v) is 4.07. The molecule has 0 aromatic heterocycles. The number of amides is 1. The van der Waals surface area contributed by atoms with E-state index in [-0.39, 0.29) is 41.1 Å². The molecule has 1 saturated carbocycles. The minimum Gasteiger partial charge on any atom is -0.393 e. The van der Waals surface area contributed by atoms with Crippen molar-refractivity contribution in [3.8, 4) is 0 Å². The van der Waals surface area contributed by atoms with Crippen LogP contribution in [0.25, 0.3) is 0 Å². The molecule has 1 aromatic rings. The number of carbonyl (C=O) groups excluding carboxylic acids is 1. The summed E-state index contributed by atoms with van der Waals surface area (Å²) in [4.78, 5) is 12.7. The molecule has 140 valence electrons. The molecule has 1 saturated heterocycles. The van der Waals surface area contributed by atoms with Crippen LogP contribution in [0.2, 0.25) is 5.02 Å². The van der Waals surface area contributed by atoms with E-state index in [1.165, 1.54) is 6.07 Å². The minimum absolute atomic E-state index is 0. The molecule has 3 rings (SSSR count). The summed E-state index contributed by atoms with van der Waals surface area (Å²) < 4.78 is 14.1. The van der Waals surface area contributed by atoms with Gasteiger partial charge in [-0.25, -0.2) is 4.39 Å². The number of aliphatic hydroxyl groups is 1. The molecular formula is C18H25Cl2FN2O2. The standard InChI is InChI=1S/C18H24ClFN2O2.ClH/c1-10-2-3-14(20)15(16(10)19)18(24)22-17(12-8-13(23)9-12)11-4-6-21-7-5-11;/h2-3,11-13,17,21,23H,4-9H2,1H3,(H,22,24);1H. The molecule has 1 amide bonds. The molecule has 2 aliphatic rings. The molecule has 4 nitrogen and oxygen atoms in total. The number of hydrogen-bond donors (Lipinski definition) is 3. The Morgan fingerprint density at radius 1 is 1.32 bits per heavy atom. The summed E-state index contributed by atoms with van der Waals surface area (Å²) in [6.07, 6.45) is 3.05. The first kappa shape index (κ1) is 20.4. The van der Waals surface area contributed by atoms with Gasteiger partial charge in [-0.15, -0.1) is 12.4 Å². The van der Waals surface area contributed by atoms with E-state index in [9.17, 15) is 14.3 Å². The Kier molecular flexibility index (Phi) is 7.09. The predicted molar refractivity (Wildman–Crippen MR) is 99.0 cm³/mol. The van der Waals surface area contributed by atoms with Crippen molar-refractivity contribution in [3.63, 3.8) is 0 Å². The van der Waals surface area contributed by atoms with E-state index in [0.717, 1.165) is 25.9 Å². The molecule has 7 heteroatoms. The smallest absolute Gasteiger partial charge is 0.256 e.